The molecule has 3 rings (SSSR count). The molecule has 0 aliphatic heterocycles. The van der Waals surface area contributed by atoms with Gasteiger partial charge in [0.2, 0.25) is 0 Å². The Hall–Kier alpha value is -3.38. The summed E-state index contributed by atoms with van der Waals surface area (Å²) >= 11 is 6.02. The molecule has 0 saturated carbocycles. The van der Waals surface area contributed by atoms with E-state index in [1.54, 1.807) is 31.3 Å². The van der Waals surface area contributed by atoms with Crippen molar-refractivity contribution in [1.82, 2.24) is 15.8 Å². The maximum Gasteiger partial charge on any atom is 0.279 e. The van der Waals surface area contributed by atoms with Gasteiger partial charge in [-0.2, -0.15) is 0 Å². The summed E-state index contributed by atoms with van der Waals surface area (Å²) in [5.41, 5.74) is 7.99. The second-order valence-corrected chi connectivity index (χ2v) is 7.30. The van der Waals surface area contributed by atoms with E-state index in [-0.39, 0.29) is 0 Å². The van der Waals surface area contributed by atoms with Crippen LogP contribution < -0.4 is 15.6 Å². The van der Waals surface area contributed by atoms with Crippen molar-refractivity contribution in [2.75, 3.05) is 0 Å². The Kier molecular flexibility index (Phi) is 6.69. The average molecular weight is 424 g/mol. The molecular weight excluding hydrogens is 402 g/mol. The fourth-order valence-electron chi connectivity index (χ4n) is 3.01. The number of amides is 2. The Bertz CT molecular complexity index is 1100. The number of hydrazine groups is 1. The largest absolute Gasteiger partial charge is 0.480 e. The van der Waals surface area contributed by atoms with E-state index in [1.165, 1.54) is 6.08 Å². The number of ether oxygens (including phenoxy) is 1. The second-order valence-electron chi connectivity index (χ2n) is 6.86. The zero-order valence-electron chi connectivity index (χ0n) is 16.9. The molecule has 0 aliphatic carbocycles. The molecule has 3 aromatic rings. The van der Waals surface area contributed by atoms with E-state index in [1.807, 2.05) is 44.2 Å². The van der Waals surface area contributed by atoms with Gasteiger partial charge in [0.15, 0.2) is 6.10 Å². The van der Waals surface area contributed by atoms with Crippen LogP contribution in [0.15, 0.2) is 54.7 Å². The van der Waals surface area contributed by atoms with Gasteiger partial charge in [0.05, 0.1) is 5.52 Å². The average Bonchev–Trinajstić information content (AvgIpc) is 2.72. The standard InChI is InChI=1S/C23H22ClN3O3/c1-14-12-19(24)13-15(2)22(14)30-16(3)23(29)27-26-20(28)10-9-18-7-4-6-17-8-5-11-25-21(17)18/h4-13,16H,1-3H3,(H,26,28)(H,27,29)/b10-9+. The van der Waals surface area contributed by atoms with Crippen LogP contribution in [-0.2, 0) is 9.59 Å². The first-order chi connectivity index (χ1) is 14.3. The van der Waals surface area contributed by atoms with Crippen LogP contribution in [-0.4, -0.2) is 22.9 Å². The number of para-hydroxylation sites is 1. The molecule has 0 radical (unpaired) electrons. The van der Waals surface area contributed by atoms with E-state index in [0.29, 0.717) is 10.8 Å². The predicted octanol–water partition coefficient (Wildman–Crippen LogP) is 4.13. The monoisotopic (exact) mass is 423 g/mol. The van der Waals surface area contributed by atoms with Crippen LogP contribution in [0.1, 0.15) is 23.6 Å². The van der Waals surface area contributed by atoms with Gasteiger partial charge < -0.3 is 4.74 Å². The van der Waals surface area contributed by atoms with E-state index >= 15 is 0 Å². The summed E-state index contributed by atoms with van der Waals surface area (Å²) in [7, 11) is 0. The molecule has 0 fully saturated rings. The first kappa shape index (κ1) is 21.3. The zero-order chi connectivity index (χ0) is 21.7. The third-order valence-corrected chi connectivity index (χ3v) is 4.69. The van der Waals surface area contributed by atoms with E-state index in [9.17, 15) is 9.59 Å². The predicted molar refractivity (Wildman–Crippen MR) is 118 cm³/mol. The number of rotatable bonds is 5. The fraction of sp³-hybridized carbons (Fsp3) is 0.174. The van der Waals surface area contributed by atoms with Crippen molar-refractivity contribution in [3.63, 3.8) is 0 Å². The minimum absolute atomic E-state index is 0.470. The number of aryl methyl sites for hydroxylation is 2. The smallest absolute Gasteiger partial charge is 0.279 e. The molecule has 1 unspecified atom stereocenters. The lowest BCUT2D eigenvalue weighted by Crippen LogP contribution is -2.46. The van der Waals surface area contributed by atoms with Crippen molar-refractivity contribution in [3.8, 4) is 5.75 Å². The molecule has 0 aliphatic rings. The summed E-state index contributed by atoms with van der Waals surface area (Å²) in [6, 6.07) is 13.0. The number of pyridine rings is 1. The number of hydrogen-bond acceptors (Lipinski definition) is 4. The molecule has 2 amide bonds. The van der Waals surface area contributed by atoms with Crippen molar-refractivity contribution in [3.05, 3.63) is 76.5 Å². The summed E-state index contributed by atoms with van der Waals surface area (Å²) in [4.78, 5) is 28.7. The number of nitrogens with one attached hydrogen (secondary N) is 2. The minimum atomic E-state index is -0.810. The van der Waals surface area contributed by atoms with Crippen LogP contribution in [0, 0.1) is 13.8 Å². The number of hydrogen-bond donors (Lipinski definition) is 2. The van der Waals surface area contributed by atoms with Crippen LogP contribution in [0.3, 0.4) is 0 Å². The van der Waals surface area contributed by atoms with Crippen molar-refractivity contribution in [2.24, 2.45) is 0 Å². The Morgan fingerprint density at radius 2 is 1.80 bits per heavy atom. The molecule has 1 atom stereocenters. The SMILES string of the molecule is Cc1cc(Cl)cc(C)c1OC(C)C(=O)NNC(=O)/C=C/c1cccc2cccnc12. The Labute approximate surface area is 179 Å². The summed E-state index contributed by atoms with van der Waals surface area (Å²) in [6.45, 7) is 5.31. The molecule has 0 bridgehead atoms. The molecular formula is C23H22ClN3O3. The van der Waals surface area contributed by atoms with Gasteiger partial charge in [0.1, 0.15) is 5.75 Å². The van der Waals surface area contributed by atoms with Crippen molar-refractivity contribution in [2.45, 2.75) is 26.9 Å². The number of nitrogens with zero attached hydrogens (tertiary/aromatic N) is 1. The van der Waals surface area contributed by atoms with Crippen LogP contribution in [0.5, 0.6) is 5.75 Å². The highest BCUT2D eigenvalue weighted by molar-refractivity contribution is 6.30. The van der Waals surface area contributed by atoms with Crippen LogP contribution in [0.2, 0.25) is 5.02 Å². The molecule has 154 valence electrons. The lowest BCUT2D eigenvalue weighted by molar-refractivity contribution is -0.131. The highest BCUT2D eigenvalue weighted by Gasteiger charge is 2.17. The van der Waals surface area contributed by atoms with Gasteiger partial charge >= 0.3 is 0 Å². The minimum Gasteiger partial charge on any atom is -0.480 e. The van der Waals surface area contributed by atoms with Gasteiger partial charge in [-0.1, -0.05) is 35.9 Å². The Morgan fingerprint density at radius 1 is 1.10 bits per heavy atom. The lowest BCUT2D eigenvalue weighted by Gasteiger charge is -2.18. The third kappa shape index (κ3) is 5.15. The number of carbonyl (C=O) groups excluding carboxylic acids is 2. The van der Waals surface area contributed by atoms with Gasteiger partial charge in [-0.05, 0) is 56.2 Å². The second kappa shape index (κ2) is 9.41. The molecule has 30 heavy (non-hydrogen) atoms. The van der Waals surface area contributed by atoms with Gasteiger partial charge in [-0.15, -0.1) is 0 Å². The summed E-state index contributed by atoms with van der Waals surface area (Å²) in [6.07, 6.45) is 3.88. The first-order valence-corrected chi connectivity index (χ1v) is 9.78. The highest BCUT2D eigenvalue weighted by Crippen LogP contribution is 2.27. The van der Waals surface area contributed by atoms with Crippen LogP contribution in [0.25, 0.3) is 17.0 Å². The van der Waals surface area contributed by atoms with E-state index in [4.69, 9.17) is 16.3 Å². The fourth-order valence-corrected chi connectivity index (χ4v) is 3.34. The maximum absolute atomic E-state index is 12.3. The van der Waals surface area contributed by atoms with E-state index in [0.717, 1.165) is 27.6 Å². The molecule has 2 aromatic carbocycles. The number of halogens is 1. The summed E-state index contributed by atoms with van der Waals surface area (Å²) < 4.78 is 5.75. The van der Waals surface area contributed by atoms with Gasteiger partial charge in [-0.3, -0.25) is 25.4 Å². The first-order valence-electron chi connectivity index (χ1n) is 9.40. The summed E-state index contributed by atoms with van der Waals surface area (Å²) in [5.74, 6) is -0.351. The lowest BCUT2D eigenvalue weighted by atomic mass is 10.1. The topological polar surface area (TPSA) is 80.3 Å². The van der Waals surface area contributed by atoms with Crippen LogP contribution >= 0.6 is 11.6 Å². The molecule has 0 saturated heterocycles. The molecule has 1 aromatic heterocycles. The van der Waals surface area contributed by atoms with Gasteiger partial charge in [-0.25, -0.2) is 0 Å². The van der Waals surface area contributed by atoms with E-state index < -0.39 is 17.9 Å². The molecule has 0 spiro atoms. The van der Waals surface area contributed by atoms with E-state index in [2.05, 4.69) is 15.8 Å². The third-order valence-electron chi connectivity index (χ3n) is 4.48. The molecule has 2 N–H and O–H groups in total. The highest BCUT2D eigenvalue weighted by atomic mass is 35.5. The maximum atomic E-state index is 12.3. The van der Waals surface area contributed by atoms with Gasteiger partial charge in [0, 0.05) is 28.2 Å². The number of fused-ring (bicyclic) bond motifs is 1. The van der Waals surface area contributed by atoms with Crippen LogP contribution in [0.4, 0.5) is 0 Å². The quantitative estimate of drug-likeness (QED) is 0.477. The Morgan fingerprint density at radius 3 is 2.53 bits per heavy atom. The normalized spacial score (nSPS) is 12.0. The molecule has 1 heterocycles. The molecule has 7 heteroatoms. The number of benzene rings is 2. The van der Waals surface area contributed by atoms with Crippen molar-refractivity contribution < 1.29 is 14.3 Å². The Balaban J connectivity index is 1.57. The number of aromatic nitrogens is 1. The van der Waals surface area contributed by atoms with Crippen molar-refractivity contribution in [1.29, 1.82) is 0 Å². The number of carbonyl (C=O) groups is 2. The summed E-state index contributed by atoms with van der Waals surface area (Å²) in [5, 5.41) is 1.59. The van der Waals surface area contributed by atoms with Gasteiger partial charge in [0.25, 0.3) is 11.8 Å². The zero-order valence-corrected chi connectivity index (χ0v) is 17.7. The molecule has 6 nitrogen and oxygen atoms in total. The van der Waals surface area contributed by atoms with Crippen molar-refractivity contribution >= 4 is 40.4 Å².